The zero-order chi connectivity index (χ0) is 16.0. The van der Waals surface area contributed by atoms with Crippen LogP contribution in [0.4, 0.5) is 4.79 Å². The summed E-state index contributed by atoms with van der Waals surface area (Å²) in [5.74, 6) is -0.624. The highest BCUT2D eigenvalue weighted by atomic mass is 16.2. The first-order valence-corrected chi connectivity index (χ1v) is 6.93. The van der Waals surface area contributed by atoms with Gasteiger partial charge in [0.15, 0.2) is 0 Å². The topological polar surface area (TPSA) is 57.7 Å². The molecule has 1 aliphatic rings. The number of imide groups is 2. The molecule has 2 unspecified atom stereocenters. The molecule has 1 heterocycles. The molecular formula is C15H26N2O3. The molecule has 1 aliphatic heterocycles. The van der Waals surface area contributed by atoms with Gasteiger partial charge in [0, 0.05) is 13.8 Å². The molecule has 0 aromatic rings. The summed E-state index contributed by atoms with van der Waals surface area (Å²) in [6.45, 7) is 14.7. The Balaban J connectivity index is 3.50. The lowest BCUT2D eigenvalue weighted by Crippen LogP contribution is -2.53. The average molecular weight is 282 g/mol. The van der Waals surface area contributed by atoms with Gasteiger partial charge in [0.1, 0.15) is 0 Å². The lowest BCUT2D eigenvalue weighted by atomic mass is 9.72. The number of hydrogen-bond acceptors (Lipinski definition) is 3. The van der Waals surface area contributed by atoms with Crippen molar-refractivity contribution in [3.8, 4) is 0 Å². The van der Waals surface area contributed by atoms with Gasteiger partial charge in [0.05, 0.1) is 12.1 Å². The van der Waals surface area contributed by atoms with Crippen LogP contribution < -0.4 is 0 Å². The molecule has 0 aliphatic carbocycles. The molecule has 114 valence electrons. The molecule has 5 nitrogen and oxygen atoms in total. The predicted molar refractivity (Wildman–Crippen MR) is 76.9 cm³/mol. The van der Waals surface area contributed by atoms with Crippen LogP contribution in [0.25, 0.3) is 0 Å². The molecule has 0 radical (unpaired) electrons. The number of carbonyl (C=O) groups is 3. The first-order valence-electron chi connectivity index (χ1n) is 6.93. The number of hydrogen-bond donors (Lipinski definition) is 0. The van der Waals surface area contributed by atoms with Gasteiger partial charge in [-0.3, -0.25) is 19.4 Å². The SMILES string of the molecule is CC(=O)N1C(=O)N(C(C)=O)C(C(C)(C)C)C1C(C)(C)C. The Labute approximate surface area is 121 Å². The van der Waals surface area contributed by atoms with Gasteiger partial charge in [-0.1, -0.05) is 41.5 Å². The molecule has 1 rings (SSSR count). The van der Waals surface area contributed by atoms with Gasteiger partial charge >= 0.3 is 6.03 Å². The van der Waals surface area contributed by atoms with Crippen LogP contribution in [0.3, 0.4) is 0 Å². The lowest BCUT2D eigenvalue weighted by Gasteiger charge is -2.42. The van der Waals surface area contributed by atoms with E-state index in [4.69, 9.17) is 0 Å². The van der Waals surface area contributed by atoms with E-state index in [1.54, 1.807) is 0 Å². The Hall–Kier alpha value is -1.39. The number of urea groups is 1. The van der Waals surface area contributed by atoms with Crippen LogP contribution in [0.5, 0.6) is 0 Å². The van der Waals surface area contributed by atoms with Crippen molar-refractivity contribution in [3.63, 3.8) is 0 Å². The Bertz CT molecular complexity index is 403. The number of rotatable bonds is 0. The second kappa shape index (κ2) is 4.86. The quantitative estimate of drug-likeness (QED) is 0.686. The van der Waals surface area contributed by atoms with Gasteiger partial charge in [-0.15, -0.1) is 0 Å². The van der Waals surface area contributed by atoms with E-state index in [1.165, 1.54) is 23.6 Å². The molecule has 0 aromatic heterocycles. The van der Waals surface area contributed by atoms with Crippen LogP contribution in [0.1, 0.15) is 55.4 Å². The molecular weight excluding hydrogens is 256 g/mol. The Morgan fingerprint density at radius 2 is 1.05 bits per heavy atom. The van der Waals surface area contributed by atoms with E-state index < -0.39 is 6.03 Å². The van der Waals surface area contributed by atoms with E-state index in [0.29, 0.717) is 0 Å². The average Bonchev–Trinajstić information content (AvgIpc) is 2.49. The number of carbonyl (C=O) groups excluding carboxylic acids is 3. The highest BCUT2D eigenvalue weighted by Gasteiger charge is 2.57. The van der Waals surface area contributed by atoms with Crippen LogP contribution >= 0.6 is 0 Å². The van der Waals surface area contributed by atoms with Crippen LogP contribution in [-0.2, 0) is 9.59 Å². The van der Waals surface area contributed by atoms with Crippen molar-refractivity contribution in [1.29, 1.82) is 0 Å². The molecule has 0 saturated carbocycles. The van der Waals surface area contributed by atoms with Gasteiger partial charge in [-0.2, -0.15) is 0 Å². The molecule has 0 spiro atoms. The van der Waals surface area contributed by atoms with E-state index in [1.807, 2.05) is 41.5 Å². The van der Waals surface area contributed by atoms with Crippen molar-refractivity contribution in [2.24, 2.45) is 10.8 Å². The van der Waals surface area contributed by atoms with Crippen molar-refractivity contribution >= 4 is 17.8 Å². The van der Waals surface area contributed by atoms with E-state index in [0.717, 1.165) is 0 Å². The summed E-state index contributed by atoms with van der Waals surface area (Å²) in [7, 11) is 0. The van der Waals surface area contributed by atoms with Crippen molar-refractivity contribution < 1.29 is 14.4 Å². The fraction of sp³-hybridized carbons (Fsp3) is 0.800. The Morgan fingerprint density at radius 3 is 1.20 bits per heavy atom. The van der Waals surface area contributed by atoms with Gasteiger partial charge in [-0.05, 0) is 10.8 Å². The minimum absolute atomic E-state index is 0.302. The van der Waals surface area contributed by atoms with Crippen molar-refractivity contribution in [1.82, 2.24) is 9.80 Å². The Kier molecular flexibility index (Phi) is 4.05. The fourth-order valence-corrected chi connectivity index (χ4v) is 3.02. The monoisotopic (exact) mass is 282 g/mol. The summed E-state index contributed by atoms with van der Waals surface area (Å²) in [6.07, 6.45) is 0. The summed E-state index contributed by atoms with van der Waals surface area (Å²) in [6, 6.07) is -1.14. The van der Waals surface area contributed by atoms with E-state index in [2.05, 4.69) is 0 Å². The second-order valence-corrected chi connectivity index (χ2v) is 7.68. The first kappa shape index (κ1) is 16.7. The summed E-state index contributed by atoms with van der Waals surface area (Å²) >= 11 is 0. The third-order valence-corrected chi connectivity index (χ3v) is 3.72. The van der Waals surface area contributed by atoms with E-state index in [-0.39, 0.29) is 34.7 Å². The molecule has 0 bridgehead atoms. The van der Waals surface area contributed by atoms with Crippen LogP contribution in [0.15, 0.2) is 0 Å². The molecule has 2 atom stereocenters. The van der Waals surface area contributed by atoms with Crippen molar-refractivity contribution in [2.45, 2.75) is 67.5 Å². The standard InChI is InChI=1S/C15H26N2O3/c1-9(18)16-11(14(3,4)5)12(15(6,7)8)17(10(2)19)13(16)20/h11-12H,1-8H3. The molecule has 20 heavy (non-hydrogen) atoms. The summed E-state index contributed by atoms with van der Waals surface area (Å²) < 4.78 is 0. The molecule has 1 fully saturated rings. The predicted octanol–water partition coefficient (Wildman–Crippen LogP) is 2.65. The van der Waals surface area contributed by atoms with Crippen LogP contribution in [0.2, 0.25) is 0 Å². The normalized spacial score (nSPS) is 24.3. The third-order valence-electron chi connectivity index (χ3n) is 3.72. The largest absolute Gasteiger partial charge is 0.334 e. The third kappa shape index (κ3) is 2.72. The van der Waals surface area contributed by atoms with Gasteiger partial charge in [0.25, 0.3) is 0 Å². The molecule has 0 N–H and O–H groups in total. The van der Waals surface area contributed by atoms with Crippen LogP contribution in [-0.4, -0.2) is 39.7 Å². The van der Waals surface area contributed by atoms with Gasteiger partial charge < -0.3 is 0 Å². The van der Waals surface area contributed by atoms with E-state index >= 15 is 0 Å². The van der Waals surface area contributed by atoms with Gasteiger partial charge in [0.2, 0.25) is 11.8 Å². The second-order valence-electron chi connectivity index (χ2n) is 7.68. The summed E-state index contributed by atoms with van der Waals surface area (Å²) in [5.41, 5.74) is -0.604. The zero-order valence-corrected chi connectivity index (χ0v) is 13.8. The van der Waals surface area contributed by atoms with E-state index in [9.17, 15) is 14.4 Å². The first-order chi connectivity index (χ1) is 8.80. The molecule has 0 aromatic carbocycles. The minimum atomic E-state index is -0.496. The van der Waals surface area contributed by atoms with Gasteiger partial charge in [-0.25, -0.2) is 4.79 Å². The highest BCUT2D eigenvalue weighted by Crippen LogP contribution is 2.42. The summed E-state index contributed by atoms with van der Waals surface area (Å²) in [5, 5.41) is 0. The fourth-order valence-electron chi connectivity index (χ4n) is 3.02. The lowest BCUT2D eigenvalue weighted by molar-refractivity contribution is -0.130. The molecule has 4 amide bonds. The molecule has 1 saturated heterocycles. The minimum Gasteiger partial charge on any atom is -0.275 e. The molecule has 5 heteroatoms. The maximum absolute atomic E-state index is 12.5. The number of amides is 4. The Morgan fingerprint density at radius 1 is 0.800 bits per heavy atom. The summed E-state index contributed by atoms with van der Waals surface area (Å²) in [4.78, 5) is 38.9. The maximum Gasteiger partial charge on any atom is 0.334 e. The zero-order valence-electron chi connectivity index (χ0n) is 13.8. The van der Waals surface area contributed by atoms with Crippen LogP contribution in [0, 0.1) is 10.8 Å². The van der Waals surface area contributed by atoms with Crippen molar-refractivity contribution in [2.75, 3.05) is 0 Å². The number of nitrogens with zero attached hydrogens (tertiary/aromatic N) is 2. The highest BCUT2D eigenvalue weighted by molar-refractivity contribution is 6.03. The maximum atomic E-state index is 12.5. The smallest absolute Gasteiger partial charge is 0.275 e. The van der Waals surface area contributed by atoms with Crippen molar-refractivity contribution in [3.05, 3.63) is 0 Å².